The van der Waals surface area contributed by atoms with Gasteiger partial charge in [-0.3, -0.25) is 9.59 Å². The van der Waals surface area contributed by atoms with Gasteiger partial charge in [0.05, 0.1) is 17.4 Å². The maximum absolute atomic E-state index is 12.6. The number of rotatable bonds is 4. The lowest BCUT2D eigenvalue weighted by Gasteiger charge is -2.17. The van der Waals surface area contributed by atoms with Gasteiger partial charge >= 0.3 is 0 Å². The second kappa shape index (κ2) is 7.85. The molecule has 1 aliphatic rings. The molecule has 1 unspecified atom stereocenters. The predicted molar refractivity (Wildman–Crippen MR) is 98.9 cm³/mol. The number of halogens is 1. The van der Waals surface area contributed by atoms with Crippen LogP contribution in [-0.4, -0.2) is 45.8 Å². The third kappa shape index (κ3) is 4.29. The fourth-order valence-corrected chi connectivity index (χ4v) is 2.78. The smallest absolute Gasteiger partial charge is 0.300 e. The van der Waals surface area contributed by atoms with Gasteiger partial charge in [-0.15, -0.1) is 6.42 Å². The second-order valence-corrected chi connectivity index (χ2v) is 6.22. The predicted octanol–water partition coefficient (Wildman–Crippen LogP) is 2.03. The first-order valence-corrected chi connectivity index (χ1v) is 8.34. The molecule has 0 radical (unpaired) electrons. The SMILES string of the molecule is C#CC(=O)Nc1ccc(C(=O)N2CCC(Nc3ncc(Cl)cn3)C2)cc1. The number of carbonyl (C=O) groups excluding carboxylic acids is 2. The fraction of sp³-hybridized carbons (Fsp3) is 0.222. The van der Waals surface area contributed by atoms with Crippen LogP contribution in [0.25, 0.3) is 0 Å². The Morgan fingerprint density at radius 2 is 1.92 bits per heavy atom. The van der Waals surface area contributed by atoms with E-state index in [1.165, 1.54) is 12.4 Å². The number of carbonyl (C=O) groups is 2. The number of terminal acetylenes is 1. The minimum Gasteiger partial charge on any atom is -0.350 e. The molecule has 1 fully saturated rings. The number of nitrogens with zero attached hydrogens (tertiary/aromatic N) is 3. The summed E-state index contributed by atoms with van der Waals surface area (Å²) in [5, 5.41) is 6.21. The van der Waals surface area contributed by atoms with Crippen LogP contribution in [0.15, 0.2) is 36.7 Å². The lowest BCUT2D eigenvalue weighted by molar-refractivity contribution is -0.111. The summed E-state index contributed by atoms with van der Waals surface area (Å²) < 4.78 is 0. The van der Waals surface area contributed by atoms with E-state index in [4.69, 9.17) is 18.0 Å². The maximum atomic E-state index is 12.6. The zero-order valence-electron chi connectivity index (χ0n) is 13.8. The van der Waals surface area contributed by atoms with Crippen molar-refractivity contribution in [3.8, 4) is 12.3 Å². The summed E-state index contributed by atoms with van der Waals surface area (Å²) in [4.78, 5) is 33.8. The number of hydrogen-bond donors (Lipinski definition) is 2. The molecule has 2 N–H and O–H groups in total. The van der Waals surface area contributed by atoms with Crippen molar-refractivity contribution in [2.75, 3.05) is 23.7 Å². The van der Waals surface area contributed by atoms with Crippen molar-refractivity contribution >= 4 is 35.1 Å². The van der Waals surface area contributed by atoms with Crippen molar-refractivity contribution in [3.63, 3.8) is 0 Å². The standard InChI is InChI=1S/C18H16ClN5O2/c1-2-16(25)22-14-5-3-12(4-6-14)17(26)24-8-7-15(11-24)23-18-20-9-13(19)10-21-18/h1,3-6,9-10,15H,7-8,11H2,(H,22,25)(H,20,21,23). The number of anilines is 2. The summed E-state index contributed by atoms with van der Waals surface area (Å²) in [6.07, 6.45) is 8.86. The third-order valence-corrected chi connectivity index (χ3v) is 4.15. The summed E-state index contributed by atoms with van der Waals surface area (Å²) in [5.41, 5.74) is 1.09. The molecule has 0 aliphatic carbocycles. The number of hydrogen-bond acceptors (Lipinski definition) is 5. The zero-order chi connectivity index (χ0) is 18.5. The third-order valence-electron chi connectivity index (χ3n) is 3.95. The highest BCUT2D eigenvalue weighted by atomic mass is 35.5. The molecule has 2 heterocycles. The van der Waals surface area contributed by atoms with Crippen LogP contribution in [0.2, 0.25) is 5.02 Å². The van der Waals surface area contributed by atoms with Crippen molar-refractivity contribution < 1.29 is 9.59 Å². The Morgan fingerprint density at radius 3 is 2.58 bits per heavy atom. The molecular weight excluding hydrogens is 354 g/mol. The fourth-order valence-electron chi connectivity index (χ4n) is 2.68. The molecule has 1 atom stereocenters. The van der Waals surface area contributed by atoms with Gasteiger partial charge in [0.2, 0.25) is 5.95 Å². The molecule has 0 spiro atoms. The van der Waals surface area contributed by atoms with E-state index in [1.807, 2.05) is 5.92 Å². The molecule has 0 saturated carbocycles. The molecule has 2 amide bonds. The Bertz CT molecular complexity index is 845. The highest BCUT2D eigenvalue weighted by Crippen LogP contribution is 2.18. The minimum atomic E-state index is -0.526. The zero-order valence-corrected chi connectivity index (χ0v) is 14.5. The Hall–Kier alpha value is -3.11. The number of likely N-dealkylation sites (tertiary alicyclic amines) is 1. The van der Waals surface area contributed by atoms with E-state index in [-0.39, 0.29) is 11.9 Å². The monoisotopic (exact) mass is 369 g/mol. The molecule has 1 aromatic carbocycles. The first kappa shape index (κ1) is 17.7. The van der Waals surface area contributed by atoms with Crippen LogP contribution in [0.1, 0.15) is 16.8 Å². The van der Waals surface area contributed by atoms with Gasteiger partial charge in [-0.25, -0.2) is 9.97 Å². The molecule has 1 saturated heterocycles. The molecule has 7 nitrogen and oxygen atoms in total. The van der Waals surface area contributed by atoms with Crippen molar-refractivity contribution in [3.05, 3.63) is 47.2 Å². The molecule has 2 aromatic rings. The van der Waals surface area contributed by atoms with Crippen LogP contribution in [0.3, 0.4) is 0 Å². The van der Waals surface area contributed by atoms with E-state index in [2.05, 4.69) is 20.6 Å². The van der Waals surface area contributed by atoms with Crippen LogP contribution in [0, 0.1) is 12.3 Å². The highest BCUT2D eigenvalue weighted by Gasteiger charge is 2.27. The van der Waals surface area contributed by atoms with Gasteiger partial charge in [-0.1, -0.05) is 11.6 Å². The van der Waals surface area contributed by atoms with E-state index in [9.17, 15) is 9.59 Å². The van der Waals surface area contributed by atoms with Gasteiger partial charge in [0, 0.05) is 30.4 Å². The van der Waals surface area contributed by atoms with Crippen LogP contribution in [-0.2, 0) is 4.79 Å². The van der Waals surface area contributed by atoms with Gasteiger partial charge < -0.3 is 15.5 Å². The lowest BCUT2D eigenvalue weighted by Crippen LogP contribution is -2.31. The minimum absolute atomic E-state index is 0.0684. The number of amides is 2. The molecule has 0 bridgehead atoms. The molecule has 132 valence electrons. The molecule has 1 aliphatic heterocycles. The lowest BCUT2D eigenvalue weighted by atomic mass is 10.2. The normalized spacial score (nSPS) is 16.0. The molecule has 8 heteroatoms. The summed E-state index contributed by atoms with van der Waals surface area (Å²) in [7, 11) is 0. The van der Waals surface area contributed by atoms with Gasteiger partial charge in [-0.2, -0.15) is 0 Å². The van der Waals surface area contributed by atoms with Crippen LogP contribution < -0.4 is 10.6 Å². The highest BCUT2D eigenvalue weighted by molar-refractivity contribution is 6.30. The van der Waals surface area contributed by atoms with Gasteiger partial charge in [-0.05, 0) is 36.6 Å². The van der Waals surface area contributed by atoms with E-state index in [0.29, 0.717) is 35.3 Å². The maximum Gasteiger partial charge on any atom is 0.300 e. The Kier molecular flexibility index (Phi) is 5.34. The molecule has 3 rings (SSSR count). The van der Waals surface area contributed by atoms with Gasteiger partial charge in [0.25, 0.3) is 11.8 Å². The van der Waals surface area contributed by atoms with Crippen LogP contribution in [0.5, 0.6) is 0 Å². The Morgan fingerprint density at radius 1 is 1.23 bits per heavy atom. The Labute approximate surface area is 155 Å². The van der Waals surface area contributed by atoms with Crippen molar-refractivity contribution in [1.82, 2.24) is 14.9 Å². The number of nitrogens with one attached hydrogen (secondary N) is 2. The summed E-state index contributed by atoms with van der Waals surface area (Å²) >= 11 is 5.77. The van der Waals surface area contributed by atoms with E-state index in [0.717, 1.165) is 6.42 Å². The Balaban J connectivity index is 1.58. The van der Waals surface area contributed by atoms with Crippen LogP contribution in [0.4, 0.5) is 11.6 Å². The molecule has 26 heavy (non-hydrogen) atoms. The van der Waals surface area contributed by atoms with Crippen LogP contribution >= 0.6 is 11.6 Å². The number of benzene rings is 1. The first-order valence-electron chi connectivity index (χ1n) is 7.96. The van der Waals surface area contributed by atoms with Crippen molar-refractivity contribution in [2.24, 2.45) is 0 Å². The average molecular weight is 370 g/mol. The summed E-state index contributed by atoms with van der Waals surface area (Å²) in [5.74, 6) is 1.87. The summed E-state index contributed by atoms with van der Waals surface area (Å²) in [6.45, 7) is 1.19. The van der Waals surface area contributed by atoms with E-state index < -0.39 is 5.91 Å². The molecule has 1 aromatic heterocycles. The largest absolute Gasteiger partial charge is 0.350 e. The van der Waals surface area contributed by atoms with E-state index >= 15 is 0 Å². The summed E-state index contributed by atoms with van der Waals surface area (Å²) in [6, 6.07) is 6.70. The second-order valence-electron chi connectivity index (χ2n) is 5.78. The van der Waals surface area contributed by atoms with E-state index in [1.54, 1.807) is 29.2 Å². The number of aromatic nitrogens is 2. The van der Waals surface area contributed by atoms with Gasteiger partial charge in [0.1, 0.15) is 0 Å². The van der Waals surface area contributed by atoms with Gasteiger partial charge in [0.15, 0.2) is 0 Å². The average Bonchev–Trinajstić information content (AvgIpc) is 3.12. The molecular formula is C18H16ClN5O2. The topological polar surface area (TPSA) is 87.2 Å². The van der Waals surface area contributed by atoms with Crippen molar-refractivity contribution in [2.45, 2.75) is 12.5 Å². The quantitative estimate of drug-likeness (QED) is 0.805. The first-order chi connectivity index (χ1) is 12.5. The van der Waals surface area contributed by atoms with Crippen molar-refractivity contribution in [1.29, 1.82) is 0 Å².